The third-order valence-electron chi connectivity index (χ3n) is 3.88. The van der Waals surface area contributed by atoms with Crippen molar-refractivity contribution in [1.29, 1.82) is 0 Å². The molecule has 128 valence electrons. The van der Waals surface area contributed by atoms with Gasteiger partial charge in [-0.05, 0) is 32.9 Å². The molecule has 24 heavy (non-hydrogen) atoms. The van der Waals surface area contributed by atoms with Crippen LogP contribution in [0.1, 0.15) is 30.1 Å². The molecule has 1 amide bonds. The fourth-order valence-electron chi connectivity index (χ4n) is 2.73. The molecule has 2 aromatic heterocycles. The number of carbonyl (C=O) groups excluding carboxylic acids is 1. The number of furan rings is 1. The number of hydrogen-bond donors (Lipinski definition) is 1. The average Bonchev–Trinajstić information content (AvgIpc) is 3.07. The molecule has 7 nitrogen and oxygen atoms in total. The highest BCUT2D eigenvalue weighted by Gasteiger charge is 2.24. The molecule has 0 unspecified atom stereocenters. The van der Waals surface area contributed by atoms with Crippen LogP contribution in [0.15, 0.2) is 28.9 Å². The third kappa shape index (κ3) is 3.67. The lowest BCUT2D eigenvalue weighted by molar-refractivity contribution is 0.0714. The van der Waals surface area contributed by atoms with Crippen LogP contribution in [-0.2, 0) is 0 Å². The van der Waals surface area contributed by atoms with E-state index >= 15 is 0 Å². The highest BCUT2D eigenvalue weighted by atomic mass is 16.3. The van der Waals surface area contributed by atoms with Crippen LogP contribution in [0.25, 0.3) is 0 Å². The van der Waals surface area contributed by atoms with Gasteiger partial charge >= 0.3 is 0 Å². The molecule has 3 heterocycles. The summed E-state index contributed by atoms with van der Waals surface area (Å²) in [5.41, 5.74) is 0.928. The summed E-state index contributed by atoms with van der Waals surface area (Å²) in [4.78, 5) is 25.3. The van der Waals surface area contributed by atoms with E-state index in [0.29, 0.717) is 24.8 Å². The second-order valence-electron chi connectivity index (χ2n) is 6.25. The summed E-state index contributed by atoms with van der Waals surface area (Å²) >= 11 is 0. The smallest absolute Gasteiger partial charge is 0.289 e. The summed E-state index contributed by atoms with van der Waals surface area (Å²) in [6.45, 7) is 8.86. The Morgan fingerprint density at radius 3 is 2.62 bits per heavy atom. The molecule has 3 rings (SSSR count). The molecule has 1 fully saturated rings. The first kappa shape index (κ1) is 16.3. The van der Waals surface area contributed by atoms with Crippen molar-refractivity contribution in [2.75, 3.05) is 36.4 Å². The topological polar surface area (TPSA) is 74.5 Å². The van der Waals surface area contributed by atoms with E-state index in [4.69, 9.17) is 4.42 Å². The molecule has 0 aromatic carbocycles. The zero-order chi connectivity index (χ0) is 17.1. The number of piperazine rings is 1. The molecular formula is C17H23N5O2. The Labute approximate surface area is 141 Å². The lowest BCUT2D eigenvalue weighted by Gasteiger charge is -2.35. The Bertz CT molecular complexity index is 691. The number of nitrogens with zero attached hydrogens (tertiary/aromatic N) is 4. The van der Waals surface area contributed by atoms with Gasteiger partial charge < -0.3 is 19.5 Å². The van der Waals surface area contributed by atoms with E-state index in [1.165, 1.54) is 6.26 Å². The zero-order valence-electron chi connectivity index (χ0n) is 14.3. The minimum Gasteiger partial charge on any atom is -0.459 e. The molecule has 0 atom stereocenters. The summed E-state index contributed by atoms with van der Waals surface area (Å²) in [5.74, 6) is 1.88. The molecule has 0 aliphatic carbocycles. The van der Waals surface area contributed by atoms with Crippen LogP contribution >= 0.6 is 0 Å². The fourth-order valence-corrected chi connectivity index (χ4v) is 2.73. The summed E-state index contributed by atoms with van der Waals surface area (Å²) in [7, 11) is 0. The fraction of sp³-hybridized carbons (Fsp3) is 0.471. The first-order valence-electron chi connectivity index (χ1n) is 8.23. The van der Waals surface area contributed by atoms with E-state index in [1.54, 1.807) is 12.1 Å². The van der Waals surface area contributed by atoms with Gasteiger partial charge in [0.15, 0.2) is 5.76 Å². The van der Waals surface area contributed by atoms with E-state index in [-0.39, 0.29) is 11.9 Å². The van der Waals surface area contributed by atoms with Gasteiger partial charge in [-0.2, -0.15) is 4.98 Å². The van der Waals surface area contributed by atoms with Gasteiger partial charge in [0.25, 0.3) is 5.91 Å². The molecule has 0 saturated carbocycles. The summed E-state index contributed by atoms with van der Waals surface area (Å²) in [5, 5.41) is 3.24. The molecule has 0 bridgehead atoms. The predicted octanol–water partition coefficient (Wildman–Crippen LogP) is 2.16. The summed E-state index contributed by atoms with van der Waals surface area (Å²) in [6.07, 6.45) is 1.52. The standard InChI is InChI=1S/C17H23N5O2/c1-12(2)18-17-19-13(3)11-15(20-17)21-6-8-22(9-7-21)16(23)14-5-4-10-24-14/h4-5,10-12H,6-9H2,1-3H3,(H,18,19,20). The van der Waals surface area contributed by atoms with Crippen LogP contribution in [0.2, 0.25) is 0 Å². The highest BCUT2D eigenvalue weighted by molar-refractivity contribution is 5.91. The number of amides is 1. The quantitative estimate of drug-likeness (QED) is 0.926. The second-order valence-corrected chi connectivity index (χ2v) is 6.25. The van der Waals surface area contributed by atoms with Crippen LogP contribution in [0.4, 0.5) is 11.8 Å². The molecule has 1 N–H and O–H groups in total. The number of anilines is 2. The Kier molecular flexibility index (Phi) is 4.69. The molecular weight excluding hydrogens is 306 g/mol. The van der Waals surface area contributed by atoms with Crippen molar-refractivity contribution < 1.29 is 9.21 Å². The van der Waals surface area contributed by atoms with Gasteiger partial charge in [-0.3, -0.25) is 4.79 Å². The van der Waals surface area contributed by atoms with Gasteiger partial charge in [-0.15, -0.1) is 0 Å². The van der Waals surface area contributed by atoms with Gasteiger partial charge in [-0.1, -0.05) is 0 Å². The Hall–Kier alpha value is -2.57. The zero-order valence-corrected chi connectivity index (χ0v) is 14.3. The normalized spacial score (nSPS) is 15.0. The van der Waals surface area contributed by atoms with Gasteiger partial charge in [-0.25, -0.2) is 4.98 Å². The molecule has 2 aromatic rings. The van der Waals surface area contributed by atoms with Gasteiger partial charge in [0.2, 0.25) is 5.95 Å². The molecule has 0 radical (unpaired) electrons. The summed E-state index contributed by atoms with van der Waals surface area (Å²) < 4.78 is 5.19. The van der Waals surface area contributed by atoms with Crippen molar-refractivity contribution in [3.63, 3.8) is 0 Å². The first-order chi connectivity index (χ1) is 11.5. The Morgan fingerprint density at radius 2 is 2.00 bits per heavy atom. The maximum absolute atomic E-state index is 12.3. The minimum atomic E-state index is -0.0549. The molecule has 1 saturated heterocycles. The van der Waals surface area contributed by atoms with E-state index in [0.717, 1.165) is 24.6 Å². The lowest BCUT2D eigenvalue weighted by Crippen LogP contribution is -2.49. The van der Waals surface area contributed by atoms with E-state index < -0.39 is 0 Å². The number of aromatic nitrogens is 2. The number of aryl methyl sites for hydroxylation is 1. The van der Waals surface area contributed by atoms with E-state index in [9.17, 15) is 4.79 Å². The maximum atomic E-state index is 12.3. The summed E-state index contributed by atoms with van der Waals surface area (Å²) in [6, 6.07) is 5.69. The van der Waals surface area contributed by atoms with Crippen molar-refractivity contribution in [3.8, 4) is 0 Å². The first-order valence-corrected chi connectivity index (χ1v) is 8.23. The van der Waals surface area contributed by atoms with Gasteiger partial charge in [0.05, 0.1) is 6.26 Å². The predicted molar refractivity (Wildman–Crippen MR) is 92.4 cm³/mol. The van der Waals surface area contributed by atoms with E-state index in [1.807, 2.05) is 17.9 Å². The van der Waals surface area contributed by atoms with Crippen molar-refractivity contribution >= 4 is 17.7 Å². The van der Waals surface area contributed by atoms with Crippen LogP contribution in [-0.4, -0.2) is 53.0 Å². The SMILES string of the molecule is Cc1cc(N2CCN(C(=O)c3ccco3)CC2)nc(NC(C)C)n1. The maximum Gasteiger partial charge on any atom is 0.289 e. The highest BCUT2D eigenvalue weighted by Crippen LogP contribution is 2.18. The van der Waals surface area contributed by atoms with Crippen LogP contribution in [0.3, 0.4) is 0 Å². The van der Waals surface area contributed by atoms with Crippen LogP contribution in [0.5, 0.6) is 0 Å². The van der Waals surface area contributed by atoms with Crippen molar-refractivity contribution in [3.05, 3.63) is 35.9 Å². The molecule has 7 heteroatoms. The lowest BCUT2D eigenvalue weighted by atomic mass is 10.2. The van der Waals surface area contributed by atoms with E-state index in [2.05, 4.69) is 34.0 Å². The van der Waals surface area contributed by atoms with Crippen molar-refractivity contribution in [2.45, 2.75) is 26.8 Å². The molecule has 1 aliphatic rings. The van der Waals surface area contributed by atoms with Gasteiger partial charge in [0, 0.05) is 44.0 Å². The Morgan fingerprint density at radius 1 is 1.25 bits per heavy atom. The number of nitrogens with one attached hydrogen (secondary N) is 1. The van der Waals surface area contributed by atoms with Crippen LogP contribution < -0.4 is 10.2 Å². The monoisotopic (exact) mass is 329 g/mol. The Balaban J connectivity index is 1.66. The van der Waals surface area contributed by atoms with Crippen molar-refractivity contribution in [2.24, 2.45) is 0 Å². The largest absolute Gasteiger partial charge is 0.459 e. The second kappa shape index (κ2) is 6.90. The number of rotatable bonds is 4. The number of carbonyl (C=O) groups is 1. The van der Waals surface area contributed by atoms with Crippen molar-refractivity contribution in [1.82, 2.24) is 14.9 Å². The third-order valence-corrected chi connectivity index (χ3v) is 3.88. The molecule has 1 aliphatic heterocycles. The van der Waals surface area contributed by atoms with Gasteiger partial charge in [0.1, 0.15) is 5.82 Å². The van der Waals surface area contributed by atoms with Crippen LogP contribution in [0, 0.1) is 6.92 Å². The minimum absolute atomic E-state index is 0.0549. The number of hydrogen-bond acceptors (Lipinski definition) is 6. The molecule has 0 spiro atoms. The average molecular weight is 329 g/mol.